The zero-order valence-corrected chi connectivity index (χ0v) is 11.2. The second-order valence-electron chi connectivity index (χ2n) is 3.42. The van der Waals surface area contributed by atoms with Gasteiger partial charge in [-0.1, -0.05) is 23.2 Å². The quantitative estimate of drug-likeness (QED) is 0.453. The maximum absolute atomic E-state index is 12.4. The number of nitrogens with zero attached hydrogens (tertiary/aromatic N) is 3. The topological polar surface area (TPSA) is 37.6 Å². The first-order valence-corrected chi connectivity index (χ1v) is 5.61. The molecule has 19 heavy (non-hydrogen) atoms. The van der Waals surface area contributed by atoms with E-state index in [-0.39, 0.29) is 10.3 Å². The zero-order chi connectivity index (χ0) is 14.6. The molecule has 8 heteroatoms. The van der Waals surface area contributed by atoms with Crippen LogP contribution in [0.2, 0.25) is 10.3 Å². The molecule has 1 rings (SSSR count). The molecule has 0 saturated carbocycles. The molecule has 0 aliphatic carbocycles. The van der Waals surface area contributed by atoms with Gasteiger partial charge >= 0.3 is 6.18 Å². The van der Waals surface area contributed by atoms with E-state index in [1.165, 1.54) is 12.1 Å². The van der Waals surface area contributed by atoms with Crippen molar-refractivity contribution < 1.29 is 13.2 Å². The lowest BCUT2D eigenvalue weighted by Gasteiger charge is -2.04. The fraction of sp³-hybridized carbons (Fsp3) is 0.182. The molecular weight excluding hydrogens is 302 g/mol. The maximum Gasteiger partial charge on any atom is 0.451 e. The van der Waals surface area contributed by atoms with Gasteiger partial charge in [0, 0.05) is 6.20 Å². The van der Waals surface area contributed by atoms with E-state index < -0.39 is 12.0 Å². The summed E-state index contributed by atoms with van der Waals surface area (Å²) < 4.78 is 37.1. The molecule has 0 N–H and O–H groups in total. The van der Waals surface area contributed by atoms with Crippen LogP contribution < -0.4 is 0 Å². The van der Waals surface area contributed by atoms with Crippen molar-refractivity contribution in [3.63, 3.8) is 0 Å². The molecule has 0 bridgehead atoms. The molecule has 0 atom stereocenters. The molecule has 0 aromatic carbocycles. The lowest BCUT2D eigenvalue weighted by molar-refractivity contribution is -0.0596. The van der Waals surface area contributed by atoms with Crippen molar-refractivity contribution in [3.05, 3.63) is 34.2 Å². The molecule has 0 unspecified atom stereocenters. The van der Waals surface area contributed by atoms with Crippen LogP contribution in [0.1, 0.15) is 12.5 Å². The van der Waals surface area contributed by atoms with Crippen LogP contribution in [0.25, 0.3) is 5.57 Å². The standard InChI is InChI=1S/C11H8Cl2F3N3/c1-6(5-18-10(17-2)11(14,15)16)7-3-8(12)19-9(13)4-7/h3-5H,2H2,1H3/b6-5+,18-10-. The Morgan fingerprint density at radius 3 is 2.26 bits per heavy atom. The SMILES string of the molecule is C=N/C(=N\C=C(/C)c1cc(Cl)nc(Cl)c1)C(F)(F)F. The van der Waals surface area contributed by atoms with Crippen molar-refractivity contribution in [2.24, 2.45) is 9.98 Å². The summed E-state index contributed by atoms with van der Waals surface area (Å²) >= 11 is 11.4. The van der Waals surface area contributed by atoms with Crippen molar-refractivity contribution in [2.75, 3.05) is 0 Å². The third-order valence-corrected chi connectivity index (χ3v) is 2.39. The molecule has 0 aliphatic heterocycles. The van der Waals surface area contributed by atoms with Crippen LogP contribution in [-0.2, 0) is 0 Å². The summed E-state index contributed by atoms with van der Waals surface area (Å²) in [4.78, 5) is 9.80. The highest BCUT2D eigenvalue weighted by Crippen LogP contribution is 2.22. The van der Waals surface area contributed by atoms with Gasteiger partial charge in [-0.05, 0) is 36.9 Å². The second-order valence-corrected chi connectivity index (χ2v) is 4.20. The van der Waals surface area contributed by atoms with E-state index in [4.69, 9.17) is 23.2 Å². The highest BCUT2D eigenvalue weighted by Gasteiger charge is 2.35. The molecule has 3 nitrogen and oxygen atoms in total. The van der Waals surface area contributed by atoms with Gasteiger partial charge in [-0.3, -0.25) is 0 Å². The van der Waals surface area contributed by atoms with Gasteiger partial charge in [0.05, 0.1) is 0 Å². The highest BCUT2D eigenvalue weighted by atomic mass is 35.5. The Bertz CT molecular complexity index is 530. The molecule has 0 saturated heterocycles. The minimum absolute atomic E-state index is 0.136. The first-order chi connectivity index (χ1) is 8.74. The van der Waals surface area contributed by atoms with Crippen LogP contribution in [0.3, 0.4) is 0 Å². The zero-order valence-electron chi connectivity index (χ0n) is 9.67. The predicted octanol–water partition coefficient (Wildman–Crippen LogP) is 4.41. The minimum Gasteiger partial charge on any atom is -0.241 e. The number of hydrogen-bond donors (Lipinski definition) is 0. The van der Waals surface area contributed by atoms with E-state index in [0.29, 0.717) is 11.1 Å². The van der Waals surface area contributed by atoms with Gasteiger partial charge in [-0.2, -0.15) is 13.2 Å². The first-order valence-electron chi connectivity index (χ1n) is 4.86. The van der Waals surface area contributed by atoms with Crippen LogP contribution in [-0.4, -0.2) is 23.7 Å². The average molecular weight is 310 g/mol. The minimum atomic E-state index is -4.65. The van der Waals surface area contributed by atoms with Crippen molar-refractivity contribution in [1.82, 2.24) is 4.98 Å². The summed E-state index contributed by atoms with van der Waals surface area (Å²) in [6.07, 6.45) is -3.63. The van der Waals surface area contributed by atoms with Crippen LogP contribution >= 0.6 is 23.2 Å². The van der Waals surface area contributed by atoms with Gasteiger partial charge in [0.15, 0.2) is 0 Å². The van der Waals surface area contributed by atoms with Gasteiger partial charge in [0.2, 0.25) is 5.84 Å². The molecular formula is C11H8Cl2F3N3. The number of pyridine rings is 1. The molecule has 0 fully saturated rings. The van der Waals surface area contributed by atoms with Crippen molar-refractivity contribution in [3.8, 4) is 0 Å². The lowest BCUT2D eigenvalue weighted by atomic mass is 10.1. The van der Waals surface area contributed by atoms with Gasteiger partial charge < -0.3 is 0 Å². The molecule has 0 spiro atoms. The number of alkyl halides is 3. The van der Waals surface area contributed by atoms with Gasteiger partial charge in [-0.25, -0.2) is 15.0 Å². The fourth-order valence-electron chi connectivity index (χ4n) is 1.13. The van der Waals surface area contributed by atoms with Gasteiger partial charge in [0.1, 0.15) is 10.3 Å². The van der Waals surface area contributed by atoms with E-state index >= 15 is 0 Å². The third kappa shape index (κ3) is 4.65. The van der Waals surface area contributed by atoms with E-state index in [0.717, 1.165) is 6.20 Å². The summed E-state index contributed by atoms with van der Waals surface area (Å²) in [6, 6.07) is 2.92. The monoisotopic (exact) mass is 309 g/mol. The fourth-order valence-corrected chi connectivity index (χ4v) is 1.59. The number of aliphatic imine (C=N–C) groups is 2. The smallest absolute Gasteiger partial charge is 0.241 e. The van der Waals surface area contributed by atoms with Crippen LogP contribution in [0, 0.1) is 0 Å². The average Bonchev–Trinajstić information content (AvgIpc) is 2.26. The molecule has 0 aliphatic rings. The molecule has 0 amide bonds. The number of rotatable bonds is 2. The van der Waals surface area contributed by atoms with Gasteiger partial charge in [-0.15, -0.1) is 0 Å². The number of hydrogen-bond acceptors (Lipinski definition) is 2. The predicted molar refractivity (Wildman–Crippen MR) is 70.9 cm³/mol. The maximum atomic E-state index is 12.4. The van der Waals surface area contributed by atoms with Crippen LogP contribution in [0.4, 0.5) is 13.2 Å². The Kier molecular flexibility index (Phi) is 5.08. The Morgan fingerprint density at radius 2 is 1.84 bits per heavy atom. The Balaban J connectivity index is 3.12. The van der Waals surface area contributed by atoms with E-state index in [1.54, 1.807) is 6.92 Å². The molecule has 1 aromatic rings. The number of halogens is 5. The number of aromatic nitrogens is 1. The molecule has 1 heterocycles. The summed E-state index contributed by atoms with van der Waals surface area (Å²) in [5.74, 6) is -1.32. The largest absolute Gasteiger partial charge is 0.451 e. The Morgan fingerprint density at radius 1 is 1.32 bits per heavy atom. The number of amidine groups is 1. The molecule has 102 valence electrons. The Hall–Kier alpha value is -1.40. The lowest BCUT2D eigenvalue weighted by Crippen LogP contribution is -2.20. The van der Waals surface area contributed by atoms with E-state index in [9.17, 15) is 13.2 Å². The van der Waals surface area contributed by atoms with Crippen molar-refractivity contribution in [1.29, 1.82) is 0 Å². The second kappa shape index (κ2) is 6.16. The summed E-state index contributed by atoms with van der Waals surface area (Å²) in [7, 11) is 0. The highest BCUT2D eigenvalue weighted by molar-refractivity contribution is 6.32. The van der Waals surface area contributed by atoms with E-state index in [2.05, 4.69) is 21.7 Å². The Labute approximate surface area is 117 Å². The van der Waals surface area contributed by atoms with E-state index in [1.807, 2.05) is 0 Å². The summed E-state index contributed by atoms with van der Waals surface area (Å²) in [5.41, 5.74) is 0.941. The van der Waals surface area contributed by atoms with Gasteiger partial charge in [0.25, 0.3) is 0 Å². The number of allylic oxidation sites excluding steroid dienone is 1. The summed E-state index contributed by atoms with van der Waals surface area (Å²) in [6.45, 7) is 4.38. The van der Waals surface area contributed by atoms with Crippen LogP contribution in [0.15, 0.2) is 28.3 Å². The van der Waals surface area contributed by atoms with Crippen molar-refractivity contribution in [2.45, 2.75) is 13.1 Å². The van der Waals surface area contributed by atoms with Crippen LogP contribution in [0.5, 0.6) is 0 Å². The molecule has 0 radical (unpaired) electrons. The third-order valence-electron chi connectivity index (χ3n) is 2.00. The summed E-state index contributed by atoms with van der Waals surface area (Å²) in [5, 5.41) is 0.272. The first kappa shape index (κ1) is 15.7. The normalized spacial score (nSPS) is 13.6. The molecule has 1 aromatic heterocycles. The van der Waals surface area contributed by atoms with Crippen molar-refractivity contribution >= 4 is 41.3 Å².